The fourth-order valence-electron chi connectivity index (χ4n) is 3.88. The Labute approximate surface area is 195 Å². The summed E-state index contributed by atoms with van der Waals surface area (Å²) in [4.78, 5) is 45.3. The van der Waals surface area contributed by atoms with Crippen molar-refractivity contribution in [1.29, 1.82) is 0 Å². The zero-order valence-electron chi connectivity index (χ0n) is 19.1. The molecule has 0 saturated carbocycles. The molecule has 4 aromatic rings. The predicted octanol–water partition coefficient (Wildman–Crippen LogP) is 3.42. The number of H-pyrrole nitrogens is 1. The molecule has 0 aliphatic heterocycles. The van der Waals surface area contributed by atoms with Crippen molar-refractivity contribution in [3.05, 3.63) is 92.1 Å². The fourth-order valence-corrected chi connectivity index (χ4v) is 3.88. The van der Waals surface area contributed by atoms with Crippen molar-refractivity contribution in [2.75, 3.05) is 5.32 Å². The van der Waals surface area contributed by atoms with E-state index >= 15 is 0 Å². The number of benzene rings is 2. The third kappa shape index (κ3) is 4.98. The molecule has 176 valence electrons. The number of nitrogens with zero attached hydrogens (tertiary/aromatic N) is 3. The van der Waals surface area contributed by atoms with Gasteiger partial charge in [0.1, 0.15) is 17.2 Å². The monoisotopic (exact) mass is 463 g/mol. The molecule has 0 radical (unpaired) electrons. The summed E-state index contributed by atoms with van der Waals surface area (Å²) in [6, 6.07) is 13.2. The second kappa shape index (κ2) is 9.86. The van der Waals surface area contributed by atoms with Gasteiger partial charge in [-0.05, 0) is 41.8 Å². The second-order valence-electron chi connectivity index (χ2n) is 8.25. The summed E-state index contributed by atoms with van der Waals surface area (Å²) in [6.07, 6.45) is 2.04. The van der Waals surface area contributed by atoms with E-state index in [4.69, 9.17) is 0 Å². The molecule has 2 heterocycles. The Morgan fingerprint density at radius 2 is 1.85 bits per heavy atom. The van der Waals surface area contributed by atoms with Crippen molar-refractivity contribution in [3.63, 3.8) is 0 Å². The van der Waals surface area contributed by atoms with Crippen LogP contribution in [0.2, 0.25) is 0 Å². The molecule has 0 fully saturated rings. The zero-order chi connectivity index (χ0) is 24.2. The third-order valence-corrected chi connectivity index (χ3v) is 5.52. The zero-order valence-corrected chi connectivity index (χ0v) is 19.1. The Bertz CT molecular complexity index is 1450. The standard InChI is InChI=1S/C25H26FN5O3/c1-3-4-12-30-23-22(24(33)31(25(30)34)15-18-6-5-7-19(26)13-18)28-21(29-23)14-17-8-10-20(11-9-17)27-16(2)32/h5-11,13H,3-4,12,14-15H2,1-2H3,(H,27,32)(H,28,29). The first-order valence-corrected chi connectivity index (χ1v) is 11.2. The van der Waals surface area contributed by atoms with E-state index in [2.05, 4.69) is 15.3 Å². The Kier molecular flexibility index (Phi) is 6.72. The smallest absolute Gasteiger partial charge is 0.333 e. The van der Waals surface area contributed by atoms with Gasteiger partial charge in [0.05, 0.1) is 6.54 Å². The number of carbonyl (C=O) groups excluding carboxylic acids is 1. The van der Waals surface area contributed by atoms with E-state index in [1.807, 2.05) is 19.1 Å². The van der Waals surface area contributed by atoms with Gasteiger partial charge in [-0.1, -0.05) is 37.6 Å². The molecule has 34 heavy (non-hydrogen) atoms. The molecule has 9 heteroatoms. The van der Waals surface area contributed by atoms with Crippen LogP contribution in [0.25, 0.3) is 11.2 Å². The normalized spacial score (nSPS) is 11.1. The molecule has 8 nitrogen and oxygen atoms in total. The maximum absolute atomic E-state index is 13.7. The first-order valence-electron chi connectivity index (χ1n) is 11.2. The van der Waals surface area contributed by atoms with Gasteiger partial charge in [-0.3, -0.25) is 18.7 Å². The lowest BCUT2D eigenvalue weighted by Crippen LogP contribution is -2.40. The minimum absolute atomic E-state index is 0.0313. The fraction of sp³-hybridized carbons (Fsp3) is 0.280. The lowest BCUT2D eigenvalue weighted by molar-refractivity contribution is -0.114. The van der Waals surface area contributed by atoms with Crippen LogP contribution in [-0.4, -0.2) is 25.0 Å². The number of aryl methyl sites for hydroxylation is 1. The number of amides is 1. The van der Waals surface area contributed by atoms with Crippen LogP contribution in [-0.2, 0) is 24.3 Å². The summed E-state index contributed by atoms with van der Waals surface area (Å²) in [5.74, 6) is -0.0246. The summed E-state index contributed by atoms with van der Waals surface area (Å²) in [7, 11) is 0. The number of nitrogens with one attached hydrogen (secondary N) is 2. The summed E-state index contributed by atoms with van der Waals surface area (Å²) >= 11 is 0. The number of imidazole rings is 1. The molecule has 0 unspecified atom stereocenters. The number of unbranched alkanes of at least 4 members (excludes halogenated alkanes) is 1. The number of carbonyl (C=O) groups is 1. The largest absolute Gasteiger partial charge is 0.336 e. The van der Waals surface area contributed by atoms with Gasteiger partial charge in [0, 0.05) is 25.6 Å². The number of hydrogen-bond acceptors (Lipinski definition) is 4. The minimum atomic E-state index is -0.489. The minimum Gasteiger partial charge on any atom is -0.336 e. The van der Waals surface area contributed by atoms with Gasteiger partial charge in [0.2, 0.25) is 5.91 Å². The van der Waals surface area contributed by atoms with E-state index in [1.165, 1.54) is 23.6 Å². The van der Waals surface area contributed by atoms with Gasteiger partial charge < -0.3 is 10.3 Å². The van der Waals surface area contributed by atoms with Crippen LogP contribution < -0.4 is 16.6 Å². The summed E-state index contributed by atoms with van der Waals surface area (Å²) < 4.78 is 16.3. The van der Waals surface area contributed by atoms with Crippen LogP contribution >= 0.6 is 0 Å². The van der Waals surface area contributed by atoms with E-state index in [0.29, 0.717) is 35.7 Å². The molecule has 0 aliphatic rings. The highest BCUT2D eigenvalue weighted by Crippen LogP contribution is 2.15. The van der Waals surface area contributed by atoms with E-state index in [9.17, 15) is 18.8 Å². The number of fused-ring (bicyclic) bond motifs is 1. The molecule has 0 bridgehead atoms. The van der Waals surface area contributed by atoms with Crippen LogP contribution in [0.15, 0.2) is 58.1 Å². The van der Waals surface area contributed by atoms with Crippen LogP contribution in [0.4, 0.5) is 10.1 Å². The van der Waals surface area contributed by atoms with Gasteiger partial charge in [0.15, 0.2) is 5.65 Å². The van der Waals surface area contributed by atoms with Crippen LogP contribution in [0.1, 0.15) is 43.6 Å². The maximum atomic E-state index is 13.7. The molecule has 0 spiro atoms. The average molecular weight is 464 g/mol. The summed E-state index contributed by atoms with van der Waals surface area (Å²) in [6.45, 7) is 3.86. The molecule has 0 atom stereocenters. The predicted molar refractivity (Wildman–Crippen MR) is 129 cm³/mol. The lowest BCUT2D eigenvalue weighted by Gasteiger charge is -2.11. The van der Waals surface area contributed by atoms with E-state index in [-0.39, 0.29) is 18.0 Å². The van der Waals surface area contributed by atoms with Crippen LogP contribution in [0, 0.1) is 5.82 Å². The Morgan fingerprint density at radius 1 is 1.09 bits per heavy atom. The van der Waals surface area contributed by atoms with Crippen molar-refractivity contribution in [2.45, 2.75) is 46.2 Å². The lowest BCUT2D eigenvalue weighted by atomic mass is 10.1. The van der Waals surface area contributed by atoms with Crippen molar-refractivity contribution in [3.8, 4) is 0 Å². The molecule has 0 aliphatic carbocycles. The summed E-state index contributed by atoms with van der Waals surface area (Å²) in [5, 5.41) is 2.72. The average Bonchev–Trinajstić information content (AvgIpc) is 3.21. The molecule has 1 amide bonds. The first-order chi connectivity index (χ1) is 16.4. The SMILES string of the molecule is CCCCn1c(=O)n(Cc2cccc(F)c2)c(=O)c2[nH]c(Cc3ccc(NC(C)=O)cc3)nc21. The highest BCUT2D eigenvalue weighted by atomic mass is 19.1. The molecule has 0 saturated heterocycles. The van der Waals surface area contributed by atoms with E-state index < -0.39 is 17.1 Å². The molecule has 2 N–H and O–H groups in total. The van der Waals surface area contributed by atoms with Crippen molar-refractivity contribution >= 4 is 22.8 Å². The van der Waals surface area contributed by atoms with E-state index in [0.717, 1.165) is 23.0 Å². The van der Waals surface area contributed by atoms with Gasteiger partial charge in [-0.2, -0.15) is 0 Å². The number of hydrogen-bond donors (Lipinski definition) is 2. The number of rotatable bonds is 8. The number of halogens is 1. The number of aromatic nitrogens is 4. The van der Waals surface area contributed by atoms with Gasteiger partial charge in [0.25, 0.3) is 5.56 Å². The first kappa shape index (κ1) is 23.2. The number of aromatic amines is 1. The van der Waals surface area contributed by atoms with Crippen LogP contribution in [0.3, 0.4) is 0 Å². The Hall–Kier alpha value is -4.01. The second-order valence-corrected chi connectivity index (χ2v) is 8.25. The molecule has 4 rings (SSSR count). The number of anilines is 1. The van der Waals surface area contributed by atoms with Gasteiger partial charge >= 0.3 is 5.69 Å². The summed E-state index contributed by atoms with van der Waals surface area (Å²) in [5.41, 5.74) is 1.76. The maximum Gasteiger partial charge on any atom is 0.333 e. The highest BCUT2D eigenvalue weighted by molar-refractivity contribution is 5.88. The quantitative estimate of drug-likeness (QED) is 0.418. The van der Waals surface area contributed by atoms with Gasteiger partial charge in [-0.25, -0.2) is 14.2 Å². The molecular weight excluding hydrogens is 437 g/mol. The van der Waals surface area contributed by atoms with E-state index in [1.54, 1.807) is 24.3 Å². The molecular formula is C25H26FN5O3. The topological polar surface area (TPSA) is 102 Å². The molecule has 2 aromatic carbocycles. The Morgan fingerprint density at radius 3 is 2.53 bits per heavy atom. The van der Waals surface area contributed by atoms with Crippen molar-refractivity contribution in [1.82, 2.24) is 19.1 Å². The van der Waals surface area contributed by atoms with Crippen molar-refractivity contribution < 1.29 is 9.18 Å². The third-order valence-electron chi connectivity index (χ3n) is 5.52. The Balaban J connectivity index is 1.74. The van der Waals surface area contributed by atoms with Crippen LogP contribution in [0.5, 0.6) is 0 Å². The highest BCUT2D eigenvalue weighted by Gasteiger charge is 2.18. The van der Waals surface area contributed by atoms with Crippen molar-refractivity contribution in [2.24, 2.45) is 0 Å². The molecule has 2 aromatic heterocycles. The van der Waals surface area contributed by atoms with Gasteiger partial charge in [-0.15, -0.1) is 0 Å².